The number of benzene rings is 1. The molecule has 2 rings (SSSR count). The van der Waals surface area contributed by atoms with Gasteiger partial charge in [-0.2, -0.15) is 13.2 Å². The van der Waals surface area contributed by atoms with Gasteiger partial charge in [0.25, 0.3) is 0 Å². The van der Waals surface area contributed by atoms with E-state index in [2.05, 4.69) is 4.98 Å². The van der Waals surface area contributed by atoms with Crippen molar-refractivity contribution in [1.82, 2.24) is 4.98 Å². The van der Waals surface area contributed by atoms with E-state index in [-0.39, 0.29) is 5.75 Å². The van der Waals surface area contributed by atoms with Crippen molar-refractivity contribution < 1.29 is 17.9 Å². The van der Waals surface area contributed by atoms with Gasteiger partial charge in [-0.05, 0) is 0 Å². The van der Waals surface area contributed by atoms with Crippen LogP contribution in [0.1, 0.15) is 0 Å². The van der Waals surface area contributed by atoms with E-state index in [0.29, 0.717) is 5.39 Å². The third-order valence-corrected chi connectivity index (χ3v) is 2.02. The van der Waals surface area contributed by atoms with E-state index in [0.717, 1.165) is 5.39 Å². The monoisotopic (exact) mass is 227 g/mol. The molecule has 0 unspecified atom stereocenters. The fraction of sp³-hybridized carbons (Fsp3) is 0.182. The van der Waals surface area contributed by atoms with Crippen LogP contribution in [0.25, 0.3) is 10.8 Å². The van der Waals surface area contributed by atoms with Crippen LogP contribution in [0.2, 0.25) is 0 Å². The maximum Gasteiger partial charge on any atom is 0.422 e. The van der Waals surface area contributed by atoms with Gasteiger partial charge in [-0.15, -0.1) is 0 Å². The quantitative estimate of drug-likeness (QED) is 0.786. The number of hydrogen-bond acceptors (Lipinski definition) is 2. The Balaban J connectivity index is 2.30. The number of aromatic nitrogens is 1. The Morgan fingerprint density at radius 2 is 1.88 bits per heavy atom. The minimum Gasteiger partial charge on any atom is -0.482 e. The van der Waals surface area contributed by atoms with Crippen molar-refractivity contribution in [2.75, 3.05) is 6.61 Å². The molecule has 0 aliphatic heterocycles. The van der Waals surface area contributed by atoms with Crippen LogP contribution in [-0.4, -0.2) is 17.8 Å². The second-order valence-electron chi connectivity index (χ2n) is 3.26. The van der Waals surface area contributed by atoms with Crippen molar-refractivity contribution in [3.8, 4) is 5.75 Å². The maximum absolute atomic E-state index is 12.0. The first-order chi connectivity index (χ1) is 7.56. The highest BCUT2D eigenvalue weighted by molar-refractivity contribution is 5.87. The van der Waals surface area contributed by atoms with E-state index >= 15 is 0 Å². The Morgan fingerprint density at radius 3 is 2.62 bits per heavy atom. The Morgan fingerprint density at radius 1 is 1.12 bits per heavy atom. The predicted molar refractivity (Wildman–Crippen MR) is 53.3 cm³/mol. The largest absolute Gasteiger partial charge is 0.482 e. The van der Waals surface area contributed by atoms with Crippen molar-refractivity contribution >= 4 is 10.8 Å². The molecule has 0 radical (unpaired) electrons. The molecule has 2 nitrogen and oxygen atoms in total. The second-order valence-corrected chi connectivity index (χ2v) is 3.26. The van der Waals surface area contributed by atoms with Crippen LogP contribution in [0.3, 0.4) is 0 Å². The van der Waals surface area contributed by atoms with Gasteiger partial charge in [0.05, 0.1) is 6.20 Å². The van der Waals surface area contributed by atoms with Gasteiger partial charge in [0.1, 0.15) is 5.75 Å². The molecule has 0 saturated carbocycles. The van der Waals surface area contributed by atoms with E-state index in [1.807, 2.05) is 0 Å². The topological polar surface area (TPSA) is 22.1 Å². The highest BCUT2D eigenvalue weighted by Gasteiger charge is 2.28. The summed E-state index contributed by atoms with van der Waals surface area (Å²) < 4.78 is 40.7. The molecule has 1 aromatic heterocycles. The van der Waals surface area contributed by atoms with Gasteiger partial charge in [0.15, 0.2) is 6.61 Å². The summed E-state index contributed by atoms with van der Waals surface area (Å²) in [6, 6.07) is 6.99. The molecule has 1 aromatic carbocycles. The number of halogens is 3. The zero-order chi connectivity index (χ0) is 11.6. The highest BCUT2D eigenvalue weighted by Crippen LogP contribution is 2.25. The van der Waals surface area contributed by atoms with Crippen LogP contribution in [0.15, 0.2) is 36.7 Å². The number of ether oxygens (including phenoxy) is 1. The lowest BCUT2D eigenvalue weighted by Gasteiger charge is -2.10. The van der Waals surface area contributed by atoms with E-state index in [4.69, 9.17) is 4.74 Å². The Bertz CT molecular complexity index is 491. The van der Waals surface area contributed by atoms with Crippen LogP contribution in [0, 0.1) is 0 Å². The van der Waals surface area contributed by atoms with E-state index in [1.165, 1.54) is 6.20 Å². The minimum atomic E-state index is -4.34. The molecule has 1 heterocycles. The normalized spacial score (nSPS) is 11.7. The highest BCUT2D eigenvalue weighted by atomic mass is 19.4. The first kappa shape index (κ1) is 10.7. The van der Waals surface area contributed by atoms with Crippen LogP contribution >= 0.6 is 0 Å². The molecule has 0 N–H and O–H groups in total. The minimum absolute atomic E-state index is 0.149. The van der Waals surface area contributed by atoms with Gasteiger partial charge in [-0.3, -0.25) is 4.98 Å². The van der Waals surface area contributed by atoms with Crippen molar-refractivity contribution in [3.63, 3.8) is 0 Å². The molecule has 5 heteroatoms. The van der Waals surface area contributed by atoms with Gasteiger partial charge < -0.3 is 4.74 Å². The van der Waals surface area contributed by atoms with Crippen molar-refractivity contribution in [2.24, 2.45) is 0 Å². The predicted octanol–water partition coefficient (Wildman–Crippen LogP) is 3.18. The smallest absolute Gasteiger partial charge is 0.422 e. The standard InChI is InChI=1S/C11H8F3NO/c12-11(13,14)7-16-10-6-15-5-8-3-1-2-4-9(8)10/h1-6H,7H2. The Kier molecular flexibility index (Phi) is 2.68. The fourth-order valence-electron chi connectivity index (χ4n) is 1.36. The molecule has 0 amide bonds. The Labute approximate surface area is 89.7 Å². The van der Waals surface area contributed by atoms with Crippen molar-refractivity contribution in [1.29, 1.82) is 0 Å². The second kappa shape index (κ2) is 4.00. The first-order valence-electron chi connectivity index (χ1n) is 4.58. The molecule has 0 aliphatic rings. The van der Waals surface area contributed by atoms with Gasteiger partial charge in [0.2, 0.25) is 0 Å². The molecule has 0 fully saturated rings. The third kappa shape index (κ3) is 2.42. The molecule has 0 atom stereocenters. The molecule has 0 aliphatic carbocycles. The Hall–Kier alpha value is -1.78. The lowest BCUT2D eigenvalue weighted by Crippen LogP contribution is -2.19. The van der Waals surface area contributed by atoms with Crippen molar-refractivity contribution in [3.05, 3.63) is 36.7 Å². The van der Waals surface area contributed by atoms with E-state index < -0.39 is 12.8 Å². The summed E-state index contributed by atoms with van der Waals surface area (Å²) in [5.41, 5.74) is 0. The number of pyridine rings is 1. The lowest BCUT2D eigenvalue weighted by molar-refractivity contribution is -0.153. The van der Waals surface area contributed by atoms with Crippen LogP contribution < -0.4 is 4.74 Å². The molecule has 0 bridgehead atoms. The molecule has 16 heavy (non-hydrogen) atoms. The first-order valence-corrected chi connectivity index (χ1v) is 4.58. The van der Waals surface area contributed by atoms with Gasteiger partial charge in [0, 0.05) is 17.0 Å². The molecular weight excluding hydrogens is 219 g/mol. The summed E-state index contributed by atoms with van der Waals surface area (Å²) in [6.07, 6.45) is -1.47. The lowest BCUT2D eigenvalue weighted by atomic mass is 10.2. The summed E-state index contributed by atoms with van der Waals surface area (Å²) in [6.45, 7) is -1.30. The van der Waals surface area contributed by atoms with E-state index in [9.17, 15) is 13.2 Å². The molecular formula is C11H8F3NO. The summed E-state index contributed by atoms with van der Waals surface area (Å²) in [5, 5.41) is 1.38. The maximum atomic E-state index is 12.0. The average Bonchev–Trinajstić information content (AvgIpc) is 2.25. The summed E-state index contributed by atoms with van der Waals surface area (Å²) in [7, 11) is 0. The van der Waals surface area contributed by atoms with Crippen LogP contribution in [-0.2, 0) is 0 Å². The SMILES string of the molecule is FC(F)(F)COc1cncc2ccccc12. The molecule has 0 saturated heterocycles. The fourth-order valence-corrected chi connectivity index (χ4v) is 1.36. The third-order valence-electron chi connectivity index (χ3n) is 2.02. The molecule has 84 valence electrons. The summed E-state index contributed by atoms with van der Waals surface area (Å²) in [5.74, 6) is 0.149. The van der Waals surface area contributed by atoms with Crippen molar-refractivity contribution in [2.45, 2.75) is 6.18 Å². The average molecular weight is 227 g/mol. The summed E-state index contributed by atoms with van der Waals surface area (Å²) in [4.78, 5) is 3.82. The number of fused-ring (bicyclic) bond motifs is 1. The number of nitrogens with zero attached hydrogens (tertiary/aromatic N) is 1. The van der Waals surface area contributed by atoms with Gasteiger partial charge in [-0.1, -0.05) is 24.3 Å². The van der Waals surface area contributed by atoms with Gasteiger partial charge in [-0.25, -0.2) is 0 Å². The molecule has 2 aromatic rings. The number of alkyl halides is 3. The number of hydrogen-bond donors (Lipinski definition) is 0. The summed E-state index contributed by atoms with van der Waals surface area (Å²) >= 11 is 0. The number of rotatable bonds is 2. The van der Waals surface area contributed by atoms with E-state index in [1.54, 1.807) is 30.5 Å². The van der Waals surface area contributed by atoms with Gasteiger partial charge >= 0.3 is 6.18 Å². The molecule has 0 spiro atoms. The zero-order valence-electron chi connectivity index (χ0n) is 8.16. The van der Waals surface area contributed by atoms with Crippen LogP contribution in [0.5, 0.6) is 5.75 Å². The van der Waals surface area contributed by atoms with Crippen LogP contribution in [0.4, 0.5) is 13.2 Å². The zero-order valence-corrected chi connectivity index (χ0v) is 8.16.